The maximum absolute atomic E-state index is 14.0. The summed E-state index contributed by atoms with van der Waals surface area (Å²) in [5.74, 6) is -3.46. The summed E-state index contributed by atoms with van der Waals surface area (Å²) in [5, 5.41) is 4.85. The zero-order chi connectivity index (χ0) is 15.4. The summed E-state index contributed by atoms with van der Waals surface area (Å²) >= 11 is 0. The Bertz CT molecular complexity index is 677. The molecule has 2 aromatic rings. The van der Waals surface area contributed by atoms with Gasteiger partial charge >= 0.3 is 0 Å². The maximum atomic E-state index is 14.0. The molecule has 1 heterocycles. The quantitative estimate of drug-likeness (QED) is 0.911. The van der Waals surface area contributed by atoms with Crippen molar-refractivity contribution in [1.29, 1.82) is 0 Å². The van der Waals surface area contributed by atoms with E-state index in [1.54, 1.807) is 6.92 Å². The molecule has 0 unspecified atom stereocenters. The first-order chi connectivity index (χ1) is 10.0. The molecule has 0 fully saturated rings. The fourth-order valence-electron chi connectivity index (χ4n) is 1.69. The molecule has 2 N–H and O–H groups in total. The number of amides is 1. The molecule has 0 atom stereocenters. The molecule has 21 heavy (non-hydrogen) atoms. The molecule has 0 aliphatic rings. The van der Waals surface area contributed by atoms with Crippen molar-refractivity contribution in [2.45, 2.75) is 6.92 Å². The first kappa shape index (κ1) is 14.8. The minimum absolute atomic E-state index is 0.0651. The molecule has 7 heteroatoms. The number of halogens is 3. The number of anilines is 2. The van der Waals surface area contributed by atoms with Crippen LogP contribution in [0.5, 0.6) is 0 Å². The third-order valence-corrected chi connectivity index (χ3v) is 2.66. The van der Waals surface area contributed by atoms with Crippen molar-refractivity contribution < 1.29 is 18.0 Å². The lowest BCUT2D eigenvalue weighted by atomic mass is 10.2. The number of pyridine rings is 1. The highest BCUT2D eigenvalue weighted by atomic mass is 19.1. The van der Waals surface area contributed by atoms with Gasteiger partial charge in [-0.25, -0.2) is 18.2 Å². The zero-order valence-corrected chi connectivity index (χ0v) is 11.1. The van der Waals surface area contributed by atoms with Gasteiger partial charge in [-0.3, -0.25) is 4.79 Å². The normalized spacial score (nSPS) is 10.3. The van der Waals surface area contributed by atoms with Crippen LogP contribution >= 0.6 is 0 Å². The number of nitrogens with one attached hydrogen (secondary N) is 2. The van der Waals surface area contributed by atoms with Crippen molar-refractivity contribution in [2.24, 2.45) is 0 Å². The Kier molecular flexibility index (Phi) is 4.42. The Balaban J connectivity index is 2.26. The van der Waals surface area contributed by atoms with Crippen LogP contribution in [0.25, 0.3) is 0 Å². The van der Waals surface area contributed by atoms with E-state index >= 15 is 0 Å². The van der Waals surface area contributed by atoms with Gasteiger partial charge in [0.05, 0.1) is 11.3 Å². The Labute approximate surface area is 119 Å². The monoisotopic (exact) mass is 295 g/mol. The van der Waals surface area contributed by atoms with Crippen molar-refractivity contribution in [3.8, 4) is 0 Å². The molecule has 0 saturated carbocycles. The SMILES string of the molecule is CCNc1nccc(C(=O)Nc2ccc(F)cc2F)c1F. The lowest BCUT2D eigenvalue weighted by Gasteiger charge is -2.09. The minimum Gasteiger partial charge on any atom is -0.368 e. The van der Waals surface area contributed by atoms with Gasteiger partial charge in [-0.2, -0.15) is 0 Å². The summed E-state index contributed by atoms with van der Waals surface area (Å²) in [4.78, 5) is 15.7. The van der Waals surface area contributed by atoms with Crippen LogP contribution in [-0.4, -0.2) is 17.4 Å². The van der Waals surface area contributed by atoms with Crippen LogP contribution in [0.3, 0.4) is 0 Å². The molecule has 0 radical (unpaired) electrons. The van der Waals surface area contributed by atoms with Gasteiger partial charge in [0.2, 0.25) is 0 Å². The number of aromatic nitrogens is 1. The van der Waals surface area contributed by atoms with Gasteiger partial charge in [0.1, 0.15) is 11.6 Å². The predicted octanol–water partition coefficient (Wildman–Crippen LogP) is 3.18. The summed E-state index contributed by atoms with van der Waals surface area (Å²) < 4.78 is 40.3. The van der Waals surface area contributed by atoms with Crippen LogP contribution < -0.4 is 10.6 Å². The fraction of sp³-hybridized carbons (Fsp3) is 0.143. The number of hydrogen-bond acceptors (Lipinski definition) is 3. The molecule has 2 rings (SSSR count). The van der Waals surface area contributed by atoms with Gasteiger partial charge in [-0.1, -0.05) is 0 Å². The third kappa shape index (κ3) is 3.31. The first-order valence-corrected chi connectivity index (χ1v) is 6.17. The maximum Gasteiger partial charge on any atom is 0.258 e. The molecule has 1 aromatic heterocycles. The van der Waals surface area contributed by atoms with E-state index < -0.39 is 23.4 Å². The summed E-state index contributed by atoms with van der Waals surface area (Å²) in [5.41, 5.74) is -0.521. The van der Waals surface area contributed by atoms with E-state index in [2.05, 4.69) is 15.6 Å². The number of nitrogens with zero attached hydrogens (tertiary/aromatic N) is 1. The summed E-state index contributed by atoms with van der Waals surface area (Å²) in [6.45, 7) is 2.18. The molecular weight excluding hydrogens is 283 g/mol. The number of rotatable bonds is 4. The van der Waals surface area contributed by atoms with Crippen LogP contribution in [0.2, 0.25) is 0 Å². The molecule has 0 bridgehead atoms. The second-order valence-corrected chi connectivity index (χ2v) is 4.13. The van der Waals surface area contributed by atoms with Crippen LogP contribution in [0.1, 0.15) is 17.3 Å². The van der Waals surface area contributed by atoms with E-state index in [1.807, 2.05) is 0 Å². The molecule has 0 spiro atoms. The predicted molar refractivity (Wildman–Crippen MR) is 72.7 cm³/mol. The van der Waals surface area contributed by atoms with Crippen LogP contribution in [-0.2, 0) is 0 Å². The summed E-state index contributed by atoms with van der Waals surface area (Å²) in [7, 11) is 0. The smallest absolute Gasteiger partial charge is 0.258 e. The van der Waals surface area contributed by atoms with Gasteiger partial charge in [0.25, 0.3) is 5.91 Å². The van der Waals surface area contributed by atoms with Crippen molar-refractivity contribution >= 4 is 17.4 Å². The van der Waals surface area contributed by atoms with Crippen molar-refractivity contribution in [3.63, 3.8) is 0 Å². The molecular formula is C14H12F3N3O. The van der Waals surface area contributed by atoms with E-state index in [0.717, 1.165) is 12.1 Å². The summed E-state index contributed by atoms with van der Waals surface area (Å²) in [6, 6.07) is 3.86. The highest BCUT2D eigenvalue weighted by Crippen LogP contribution is 2.19. The molecule has 0 saturated heterocycles. The lowest BCUT2D eigenvalue weighted by Crippen LogP contribution is -2.16. The molecule has 1 aromatic carbocycles. The average molecular weight is 295 g/mol. The van der Waals surface area contributed by atoms with Crippen molar-refractivity contribution in [1.82, 2.24) is 4.98 Å². The Morgan fingerprint density at radius 2 is 2.00 bits per heavy atom. The van der Waals surface area contributed by atoms with Crippen LogP contribution in [0, 0.1) is 17.5 Å². The van der Waals surface area contributed by atoms with E-state index in [-0.39, 0.29) is 17.1 Å². The molecule has 0 aliphatic heterocycles. The van der Waals surface area contributed by atoms with Crippen LogP contribution in [0.15, 0.2) is 30.5 Å². The standard InChI is InChI=1S/C14H12F3N3O/c1-2-18-13-12(17)9(5-6-19-13)14(21)20-11-4-3-8(15)7-10(11)16/h3-7H,2H2,1H3,(H,18,19)(H,20,21). The summed E-state index contributed by atoms with van der Waals surface area (Å²) in [6.07, 6.45) is 1.26. The average Bonchev–Trinajstić information content (AvgIpc) is 2.44. The van der Waals surface area contributed by atoms with Crippen LogP contribution in [0.4, 0.5) is 24.7 Å². The Morgan fingerprint density at radius 3 is 2.67 bits per heavy atom. The Hall–Kier alpha value is -2.57. The van der Waals surface area contributed by atoms with Gasteiger partial charge in [-0.15, -0.1) is 0 Å². The Morgan fingerprint density at radius 1 is 1.24 bits per heavy atom. The fourth-order valence-corrected chi connectivity index (χ4v) is 1.69. The van der Waals surface area contributed by atoms with E-state index in [4.69, 9.17) is 0 Å². The van der Waals surface area contributed by atoms with Gasteiger partial charge < -0.3 is 10.6 Å². The van der Waals surface area contributed by atoms with E-state index in [9.17, 15) is 18.0 Å². The zero-order valence-electron chi connectivity index (χ0n) is 11.1. The molecule has 0 aliphatic carbocycles. The van der Waals surface area contributed by atoms with E-state index in [1.165, 1.54) is 12.3 Å². The molecule has 4 nitrogen and oxygen atoms in total. The van der Waals surface area contributed by atoms with Crippen molar-refractivity contribution in [2.75, 3.05) is 17.2 Å². The highest BCUT2D eigenvalue weighted by Gasteiger charge is 2.17. The number of carbonyl (C=O) groups excluding carboxylic acids is 1. The largest absolute Gasteiger partial charge is 0.368 e. The third-order valence-electron chi connectivity index (χ3n) is 2.66. The second-order valence-electron chi connectivity index (χ2n) is 4.13. The highest BCUT2D eigenvalue weighted by molar-refractivity contribution is 6.04. The second kappa shape index (κ2) is 6.25. The first-order valence-electron chi connectivity index (χ1n) is 6.17. The van der Waals surface area contributed by atoms with Gasteiger partial charge in [0.15, 0.2) is 11.6 Å². The minimum atomic E-state index is -0.940. The van der Waals surface area contributed by atoms with Gasteiger partial charge in [0, 0.05) is 18.8 Å². The molecule has 1 amide bonds. The van der Waals surface area contributed by atoms with Crippen molar-refractivity contribution in [3.05, 3.63) is 53.5 Å². The number of hydrogen-bond donors (Lipinski definition) is 2. The lowest BCUT2D eigenvalue weighted by molar-refractivity contribution is 0.102. The van der Waals surface area contributed by atoms with Gasteiger partial charge in [-0.05, 0) is 25.1 Å². The topological polar surface area (TPSA) is 54.0 Å². The number of carbonyl (C=O) groups is 1. The number of benzene rings is 1. The van der Waals surface area contributed by atoms with E-state index in [0.29, 0.717) is 12.6 Å². The molecule has 110 valence electrons.